The molecule has 0 spiro atoms. The van der Waals surface area contributed by atoms with Crippen LogP contribution >= 0.6 is 0 Å². The SMILES string of the molecule is CC(C)NS(=O)(=O)Nc1cccc(C#CCN)n1. The van der Waals surface area contributed by atoms with Crippen molar-refractivity contribution < 1.29 is 8.42 Å². The van der Waals surface area contributed by atoms with Crippen LogP contribution in [-0.2, 0) is 10.2 Å². The molecule has 98 valence electrons. The number of nitrogens with zero attached hydrogens (tertiary/aromatic N) is 1. The lowest BCUT2D eigenvalue weighted by molar-refractivity contribution is 0.575. The Balaban J connectivity index is 2.85. The third-order valence-electron chi connectivity index (χ3n) is 1.70. The van der Waals surface area contributed by atoms with Crippen LogP contribution < -0.4 is 15.2 Å². The number of pyridine rings is 1. The van der Waals surface area contributed by atoms with Gasteiger partial charge in [-0.3, -0.25) is 4.72 Å². The third kappa shape index (κ3) is 5.14. The van der Waals surface area contributed by atoms with Gasteiger partial charge in [0.05, 0.1) is 6.54 Å². The predicted molar refractivity (Wildman–Crippen MR) is 71.0 cm³/mol. The van der Waals surface area contributed by atoms with Crippen molar-refractivity contribution in [3.63, 3.8) is 0 Å². The van der Waals surface area contributed by atoms with Crippen molar-refractivity contribution >= 4 is 16.0 Å². The Labute approximate surface area is 107 Å². The summed E-state index contributed by atoms with van der Waals surface area (Å²) in [6, 6.07) is 4.70. The summed E-state index contributed by atoms with van der Waals surface area (Å²) < 4.78 is 27.9. The molecule has 0 bridgehead atoms. The van der Waals surface area contributed by atoms with Crippen LogP contribution in [0, 0.1) is 11.8 Å². The fraction of sp³-hybridized carbons (Fsp3) is 0.364. The summed E-state index contributed by atoms with van der Waals surface area (Å²) >= 11 is 0. The number of nitrogens with one attached hydrogen (secondary N) is 2. The smallest absolute Gasteiger partial charge is 0.300 e. The van der Waals surface area contributed by atoms with Gasteiger partial charge in [-0.05, 0) is 31.9 Å². The Hall–Kier alpha value is -1.62. The molecule has 1 aromatic heterocycles. The van der Waals surface area contributed by atoms with E-state index in [9.17, 15) is 8.42 Å². The molecule has 1 heterocycles. The second kappa shape index (κ2) is 6.35. The van der Waals surface area contributed by atoms with Crippen molar-refractivity contribution in [2.45, 2.75) is 19.9 Å². The molecule has 6 nitrogen and oxygen atoms in total. The summed E-state index contributed by atoms with van der Waals surface area (Å²) in [6.45, 7) is 3.69. The number of aromatic nitrogens is 1. The lowest BCUT2D eigenvalue weighted by Gasteiger charge is -2.10. The van der Waals surface area contributed by atoms with Gasteiger partial charge in [0.15, 0.2) is 0 Å². The van der Waals surface area contributed by atoms with E-state index in [0.717, 1.165) is 0 Å². The standard InChI is InChI=1S/C11H16N4O2S/c1-9(2)14-18(16,17)15-11-7-3-5-10(13-11)6-4-8-12/h3,5,7,9,14H,8,12H2,1-2H3,(H,13,15). The predicted octanol–water partition coefficient (Wildman–Crippen LogP) is 0.0465. The molecule has 18 heavy (non-hydrogen) atoms. The number of hydrogen-bond acceptors (Lipinski definition) is 4. The molecule has 1 aromatic rings. The molecule has 0 aliphatic rings. The van der Waals surface area contributed by atoms with E-state index in [4.69, 9.17) is 5.73 Å². The number of rotatable bonds is 4. The summed E-state index contributed by atoms with van der Waals surface area (Å²) in [4.78, 5) is 4.04. The van der Waals surface area contributed by atoms with E-state index in [1.165, 1.54) is 0 Å². The average Bonchev–Trinajstić information content (AvgIpc) is 2.24. The zero-order valence-electron chi connectivity index (χ0n) is 10.3. The van der Waals surface area contributed by atoms with Crippen LogP contribution in [0.5, 0.6) is 0 Å². The van der Waals surface area contributed by atoms with E-state index in [1.807, 2.05) is 0 Å². The highest BCUT2D eigenvalue weighted by atomic mass is 32.2. The maximum Gasteiger partial charge on any atom is 0.300 e. The van der Waals surface area contributed by atoms with Crippen molar-refractivity contribution in [2.24, 2.45) is 5.73 Å². The van der Waals surface area contributed by atoms with Gasteiger partial charge in [0.2, 0.25) is 0 Å². The third-order valence-corrected chi connectivity index (χ3v) is 2.96. The van der Waals surface area contributed by atoms with E-state index >= 15 is 0 Å². The normalized spacial score (nSPS) is 10.9. The van der Waals surface area contributed by atoms with Gasteiger partial charge in [-0.2, -0.15) is 13.1 Å². The Bertz CT molecular complexity index is 558. The van der Waals surface area contributed by atoms with Gasteiger partial charge < -0.3 is 5.73 Å². The zero-order valence-corrected chi connectivity index (χ0v) is 11.1. The Kier molecular flexibility index (Phi) is 5.09. The average molecular weight is 268 g/mol. The van der Waals surface area contributed by atoms with Gasteiger partial charge in [-0.1, -0.05) is 12.0 Å². The summed E-state index contributed by atoms with van der Waals surface area (Å²) in [5.41, 5.74) is 5.71. The van der Waals surface area contributed by atoms with Crippen molar-refractivity contribution in [3.8, 4) is 11.8 Å². The zero-order chi connectivity index (χ0) is 13.6. The molecule has 0 fully saturated rings. The van der Waals surface area contributed by atoms with Crippen molar-refractivity contribution in [2.75, 3.05) is 11.3 Å². The summed E-state index contributed by atoms with van der Waals surface area (Å²) in [7, 11) is -3.61. The summed E-state index contributed by atoms with van der Waals surface area (Å²) in [6.07, 6.45) is 0. The molecule has 0 unspecified atom stereocenters. The minimum absolute atomic E-state index is 0.192. The maximum atomic E-state index is 11.6. The summed E-state index contributed by atoms with van der Waals surface area (Å²) in [5.74, 6) is 5.59. The minimum atomic E-state index is -3.61. The quantitative estimate of drug-likeness (QED) is 0.672. The van der Waals surface area contributed by atoms with Crippen molar-refractivity contribution in [3.05, 3.63) is 23.9 Å². The molecule has 4 N–H and O–H groups in total. The van der Waals surface area contributed by atoms with Gasteiger partial charge in [0.1, 0.15) is 11.5 Å². The highest BCUT2D eigenvalue weighted by Gasteiger charge is 2.11. The largest absolute Gasteiger partial charge is 0.320 e. The van der Waals surface area contributed by atoms with Crippen LogP contribution in [0.25, 0.3) is 0 Å². The van der Waals surface area contributed by atoms with Gasteiger partial charge in [0, 0.05) is 6.04 Å². The number of anilines is 1. The van der Waals surface area contributed by atoms with Crippen LogP contribution in [0.2, 0.25) is 0 Å². The Morgan fingerprint density at radius 3 is 2.78 bits per heavy atom. The second-order valence-electron chi connectivity index (χ2n) is 3.79. The number of hydrogen-bond donors (Lipinski definition) is 3. The maximum absolute atomic E-state index is 11.6. The van der Waals surface area contributed by atoms with Gasteiger partial charge >= 0.3 is 0 Å². The topological polar surface area (TPSA) is 97.1 Å². The molecule has 7 heteroatoms. The van der Waals surface area contributed by atoms with E-state index < -0.39 is 10.2 Å². The number of nitrogens with two attached hydrogens (primary N) is 1. The minimum Gasteiger partial charge on any atom is -0.320 e. The van der Waals surface area contributed by atoms with E-state index in [0.29, 0.717) is 5.69 Å². The fourth-order valence-corrected chi connectivity index (χ4v) is 2.25. The Morgan fingerprint density at radius 2 is 2.17 bits per heavy atom. The molecule has 0 aliphatic heterocycles. The lowest BCUT2D eigenvalue weighted by atomic mass is 10.3. The first-order valence-corrected chi connectivity index (χ1v) is 6.87. The van der Waals surface area contributed by atoms with E-state index in [1.54, 1.807) is 32.0 Å². The van der Waals surface area contributed by atoms with E-state index in [-0.39, 0.29) is 18.4 Å². The van der Waals surface area contributed by atoms with Gasteiger partial charge in [0.25, 0.3) is 10.2 Å². The van der Waals surface area contributed by atoms with Crippen LogP contribution in [0.4, 0.5) is 5.82 Å². The molecule has 0 radical (unpaired) electrons. The first-order valence-electron chi connectivity index (χ1n) is 5.39. The summed E-state index contributed by atoms with van der Waals surface area (Å²) in [5, 5.41) is 0. The molecule has 0 atom stereocenters. The van der Waals surface area contributed by atoms with Crippen molar-refractivity contribution in [1.82, 2.24) is 9.71 Å². The molecule has 0 aromatic carbocycles. The Morgan fingerprint density at radius 1 is 1.44 bits per heavy atom. The fourth-order valence-electron chi connectivity index (χ4n) is 1.18. The van der Waals surface area contributed by atoms with Gasteiger partial charge in [-0.15, -0.1) is 0 Å². The monoisotopic (exact) mass is 268 g/mol. The molecule has 0 amide bonds. The van der Waals surface area contributed by atoms with Crippen LogP contribution in [0.3, 0.4) is 0 Å². The lowest BCUT2D eigenvalue weighted by Crippen LogP contribution is -2.35. The molecule has 1 rings (SSSR count). The highest BCUT2D eigenvalue weighted by Crippen LogP contribution is 2.05. The molecule has 0 saturated heterocycles. The molecule has 0 saturated carbocycles. The van der Waals surface area contributed by atoms with Crippen molar-refractivity contribution in [1.29, 1.82) is 0 Å². The van der Waals surface area contributed by atoms with Crippen LogP contribution in [-0.4, -0.2) is 26.0 Å². The van der Waals surface area contributed by atoms with Gasteiger partial charge in [-0.25, -0.2) is 4.98 Å². The second-order valence-corrected chi connectivity index (χ2v) is 5.24. The molecule has 0 aliphatic carbocycles. The first-order chi connectivity index (χ1) is 8.43. The first kappa shape index (κ1) is 14.4. The van der Waals surface area contributed by atoms with Crippen LogP contribution in [0.1, 0.15) is 19.5 Å². The molecular formula is C11H16N4O2S. The van der Waals surface area contributed by atoms with E-state index in [2.05, 4.69) is 26.3 Å². The highest BCUT2D eigenvalue weighted by molar-refractivity contribution is 7.90. The molecular weight excluding hydrogens is 252 g/mol. The van der Waals surface area contributed by atoms with Crippen LogP contribution in [0.15, 0.2) is 18.2 Å².